The number of carbonyl (C=O) groups is 2. The molecule has 0 radical (unpaired) electrons. The number of aromatic nitrogens is 3. The van der Waals surface area contributed by atoms with Gasteiger partial charge in [-0.05, 0) is 31.2 Å². The largest absolute Gasteiger partial charge is 0.449 e. The Hall–Kier alpha value is -3.93. The van der Waals surface area contributed by atoms with Crippen LogP contribution in [0.1, 0.15) is 23.7 Å². The van der Waals surface area contributed by atoms with E-state index in [0.29, 0.717) is 5.69 Å². The van der Waals surface area contributed by atoms with Gasteiger partial charge in [-0.15, -0.1) is 0 Å². The van der Waals surface area contributed by atoms with Gasteiger partial charge < -0.3 is 9.64 Å². The topological polar surface area (TPSA) is 121 Å². The van der Waals surface area contributed by atoms with Crippen molar-refractivity contribution in [2.24, 2.45) is 0 Å². The number of anilines is 1. The van der Waals surface area contributed by atoms with Gasteiger partial charge in [0.25, 0.3) is 5.91 Å². The smallest absolute Gasteiger partial charge is 0.347 e. The number of para-hydroxylation sites is 1. The van der Waals surface area contributed by atoms with Gasteiger partial charge in [-0.2, -0.15) is 10.4 Å². The number of esters is 1. The van der Waals surface area contributed by atoms with E-state index in [9.17, 15) is 14.4 Å². The van der Waals surface area contributed by atoms with Gasteiger partial charge in [0.1, 0.15) is 5.56 Å². The number of nitriles is 1. The van der Waals surface area contributed by atoms with Crippen LogP contribution in [0.25, 0.3) is 5.65 Å². The quantitative estimate of drug-likeness (QED) is 0.648. The van der Waals surface area contributed by atoms with Crippen LogP contribution in [0.5, 0.6) is 0 Å². The number of rotatable bonds is 6. The molecular formula is C19H17N5O4. The zero-order valence-corrected chi connectivity index (χ0v) is 15.0. The molecule has 1 N–H and O–H groups in total. The molecule has 2 heterocycles. The first-order valence-corrected chi connectivity index (χ1v) is 8.53. The standard InChI is InChI=1S/C19H17N5O4/c1-13(17(25)23(12-6-10-20)14-7-3-2-4-8-14)28-18(26)15-9-5-11-24-16(15)21-22-19(24)27/h2-5,7-9,11,13H,6,12H2,1H3,(H,22,27)/t13-/m1/s1. The van der Waals surface area contributed by atoms with Crippen molar-refractivity contribution in [1.29, 1.82) is 5.26 Å². The molecule has 0 unspecified atom stereocenters. The van der Waals surface area contributed by atoms with Crippen molar-refractivity contribution >= 4 is 23.2 Å². The Kier molecular flexibility index (Phi) is 5.50. The molecule has 1 amide bonds. The van der Waals surface area contributed by atoms with E-state index in [1.165, 1.54) is 34.6 Å². The maximum atomic E-state index is 12.8. The molecule has 1 atom stereocenters. The van der Waals surface area contributed by atoms with E-state index in [2.05, 4.69) is 10.2 Å². The number of amides is 1. The average molecular weight is 379 g/mol. The summed E-state index contributed by atoms with van der Waals surface area (Å²) in [5.41, 5.74) is 0.289. The van der Waals surface area contributed by atoms with Crippen molar-refractivity contribution in [3.05, 3.63) is 64.7 Å². The predicted octanol–water partition coefficient (Wildman–Crippen LogP) is 1.51. The maximum absolute atomic E-state index is 12.8. The third-order valence-corrected chi connectivity index (χ3v) is 4.08. The van der Waals surface area contributed by atoms with Gasteiger partial charge in [-0.25, -0.2) is 19.1 Å². The van der Waals surface area contributed by atoms with Gasteiger partial charge in [0.05, 0.1) is 12.5 Å². The van der Waals surface area contributed by atoms with Gasteiger partial charge in [0.2, 0.25) is 0 Å². The first-order chi connectivity index (χ1) is 13.5. The van der Waals surface area contributed by atoms with E-state index in [4.69, 9.17) is 10.00 Å². The van der Waals surface area contributed by atoms with Crippen molar-refractivity contribution in [1.82, 2.24) is 14.6 Å². The van der Waals surface area contributed by atoms with Gasteiger partial charge in [0, 0.05) is 18.4 Å². The zero-order chi connectivity index (χ0) is 20.1. The van der Waals surface area contributed by atoms with Crippen molar-refractivity contribution in [2.75, 3.05) is 11.4 Å². The molecule has 0 bridgehead atoms. The van der Waals surface area contributed by atoms with E-state index < -0.39 is 23.7 Å². The van der Waals surface area contributed by atoms with E-state index >= 15 is 0 Å². The summed E-state index contributed by atoms with van der Waals surface area (Å²) in [7, 11) is 0. The molecule has 0 aliphatic heterocycles. The Labute approximate surface area is 159 Å². The number of H-pyrrole nitrogens is 1. The number of carbonyl (C=O) groups excluding carboxylic acids is 2. The van der Waals surface area contributed by atoms with Gasteiger partial charge in [-0.1, -0.05) is 18.2 Å². The normalized spacial score (nSPS) is 11.6. The number of benzene rings is 1. The molecule has 3 rings (SSSR count). The number of pyridine rings is 1. The minimum Gasteiger partial charge on any atom is -0.449 e. The maximum Gasteiger partial charge on any atom is 0.347 e. The lowest BCUT2D eigenvalue weighted by atomic mass is 10.2. The number of ether oxygens (including phenoxy) is 1. The second-order valence-corrected chi connectivity index (χ2v) is 5.93. The number of nitrogens with one attached hydrogen (secondary N) is 1. The Morgan fingerprint density at radius 2 is 2.04 bits per heavy atom. The minimum atomic E-state index is -1.10. The van der Waals surface area contributed by atoms with Crippen molar-refractivity contribution in [2.45, 2.75) is 19.4 Å². The van der Waals surface area contributed by atoms with E-state index in [-0.39, 0.29) is 24.2 Å². The van der Waals surface area contributed by atoms with Crippen LogP contribution in [0.4, 0.5) is 5.69 Å². The van der Waals surface area contributed by atoms with Crippen molar-refractivity contribution in [3.8, 4) is 6.07 Å². The molecule has 28 heavy (non-hydrogen) atoms. The van der Waals surface area contributed by atoms with Gasteiger partial charge >= 0.3 is 11.7 Å². The van der Waals surface area contributed by atoms with Gasteiger partial charge in [-0.3, -0.25) is 4.79 Å². The molecule has 0 spiro atoms. The molecule has 0 saturated heterocycles. The highest BCUT2D eigenvalue weighted by Gasteiger charge is 2.26. The van der Waals surface area contributed by atoms with Crippen molar-refractivity contribution in [3.63, 3.8) is 0 Å². The van der Waals surface area contributed by atoms with Gasteiger partial charge in [0.15, 0.2) is 11.8 Å². The van der Waals surface area contributed by atoms with Crippen LogP contribution in [0.15, 0.2) is 53.5 Å². The highest BCUT2D eigenvalue weighted by Crippen LogP contribution is 2.17. The Morgan fingerprint density at radius 3 is 2.75 bits per heavy atom. The van der Waals surface area contributed by atoms with Crippen molar-refractivity contribution < 1.29 is 14.3 Å². The lowest BCUT2D eigenvalue weighted by Gasteiger charge is -2.25. The zero-order valence-electron chi connectivity index (χ0n) is 15.0. The first-order valence-electron chi connectivity index (χ1n) is 8.53. The number of fused-ring (bicyclic) bond motifs is 1. The number of nitrogens with zero attached hydrogens (tertiary/aromatic N) is 4. The summed E-state index contributed by atoms with van der Waals surface area (Å²) in [6.07, 6.45) is 0.500. The predicted molar refractivity (Wildman–Crippen MR) is 99.7 cm³/mol. The molecule has 0 aliphatic carbocycles. The van der Waals surface area contributed by atoms with Crippen LogP contribution in [0, 0.1) is 11.3 Å². The third-order valence-electron chi connectivity index (χ3n) is 4.08. The molecular weight excluding hydrogens is 362 g/mol. The first kappa shape index (κ1) is 18.8. The lowest BCUT2D eigenvalue weighted by molar-refractivity contribution is -0.126. The Balaban J connectivity index is 1.81. The summed E-state index contributed by atoms with van der Waals surface area (Å²) in [5, 5.41) is 14.9. The molecule has 2 aromatic heterocycles. The molecule has 142 valence electrons. The summed E-state index contributed by atoms with van der Waals surface area (Å²) in [5.74, 6) is -1.24. The Bertz CT molecular complexity index is 1100. The third kappa shape index (κ3) is 3.76. The highest BCUT2D eigenvalue weighted by molar-refractivity contribution is 6.00. The second-order valence-electron chi connectivity index (χ2n) is 5.93. The number of hydrogen-bond donors (Lipinski definition) is 1. The summed E-state index contributed by atoms with van der Waals surface area (Å²) >= 11 is 0. The fourth-order valence-electron chi connectivity index (χ4n) is 2.72. The minimum absolute atomic E-state index is 0.0591. The van der Waals surface area contributed by atoms with Crippen LogP contribution < -0.4 is 10.6 Å². The van der Waals surface area contributed by atoms with Crippen LogP contribution in [-0.4, -0.2) is 39.1 Å². The summed E-state index contributed by atoms with van der Waals surface area (Å²) in [6, 6.07) is 13.8. The molecule has 0 aliphatic rings. The molecule has 9 heteroatoms. The average Bonchev–Trinajstić information content (AvgIpc) is 3.10. The van der Waals surface area contributed by atoms with Crippen LogP contribution >= 0.6 is 0 Å². The lowest BCUT2D eigenvalue weighted by Crippen LogP contribution is -2.40. The second kappa shape index (κ2) is 8.18. The number of aromatic amines is 1. The molecule has 9 nitrogen and oxygen atoms in total. The molecule has 0 fully saturated rings. The molecule has 0 saturated carbocycles. The van der Waals surface area contributed by atoms with Crippen LogP contribution in [0.2, 0.25) is 0 Å². The highest BCUT2D eigenvalue weighted by atomic mass is 16.5. The summed E-state index contributed by atoms with van der Waals surface area (Å²) < 4.78 is 6.49. The van der Waals surface area contributed by atoms with E-state index in [1.54, 1.807) is 24.3 Å². The van der Waals surface area contributed by atoms with Crippen LogP contribution in [0.3, 0.4) is 0 Å². The summed E-state index contributed by atoms with van der Waals surface area (Å²) in [4.78, 5) is 38.4. The SMILES string of the molecule is C[C@@H](OC(=O)c1cccn2c(=O)[nH]nc12)C(=O)N(CCC#N)c1ccccc1. The monoisotopic (exact) mass is 379 g/mol. The van der Waals surface area contributed by atoms with E-state index in [0.717, 1.165) is 0 Å². The molecule has 1 aromatic carbocycles. The Morgan fingerprint density at radius 1 is 1.29 bits per heavy atom. The van der Waals surface area contributed by atoms with Crippen LogP contribution in [-0.2, 0) is 9.53 Å². The molecule has 3 aromatic rings. The number of hydrogen-bond acceptors (Lipinski definition) is 6. The fraction of sp³-hybridized carbons (Fsp3) is 0.211. The summed E-state index contributed by atoms with van der Waals surface area (Å²) in [6.45, 7) is 1.63. The fourth-order valence-corrected chi connectivity index (χ4v) is 2.72. The van der Waals surface area contributed by atoms with E-state index in [1.807, 2.05) is 12.1 Å².